The van der Waals surface area contributed by atoms with Crippen molar-refractivity contribution in [1.82, 2.24) is 19.7 Å². The first-order valence-corrected chi connectivity index (χ1v) is 12.0. The van der Waals surface area contributed by atoms with Crippen molar-refractivity contribution in [3.8, 4) is 11.3 Å². The van der Waals surface area contributed by atoms with Crippen LogP contribution < -0.4 is 4.90 Å². The van der Waals surface area contributed by atoms with Gasteiger partial charge in [0, 0.05) is 60.9 Å². The average molecular weight is 494 g/mol. The molecule has 0 bridgehead atoms. The molecule has 4 aromatic rings. The summed E-state index contributed by atoms with van der Waals surface area (Å²) < 4.78 is 36.9. The minimum absolute atomic E-state index is 0.0925. The molecule has 0 saturated carbocycles. The summed E-state index contributed by atoms with van der Waals surface area (Å²) >= 11 is 0. The zero-order chi connectivity index (χ0) is 25.8. The summed E-state index contributed by atoms with van der Waals surface area (Å²) in [5.74, 6) is -0.894. The molecule has 9 heteroatoms. The molecule has 0 radical (unpaired) electrons. The van der Waals surface area contributed by atoms with Crippen molar-refractivity contribution in [2.75, 3.05) is 24.5 Å². The number of rotatable bonds is 2. The summed E-state index contributed by atoms with van der Waals surface area (Å²) in [5.41, 5.74) is 1.73. The molecule has 2 aromatic heterocycles. The van der Waals surface area contributed by atoms with Gasteiger partial charge in [0.15, 0.2) is 11.6 Å². The summed E-state index contributed by atoms with van der Waals surface area (Å²) in [6.07, 6.45) is 1.40. The lowest BCUT2D eigenvalue weighted by Gasteiger charge is -2.41. The van der Waals surface area contributed by atoms with Crippen LogP contribution >= 0.6 is 0 Å². The molecule has 36 heavy (non-hydrogen) atoms. The molecule has 1 aliphatic heterocycles. The van der Waals surface area contributed by atoms with Gasteiger partial charge in [-0.05, 0) is 58.0 Å². The molecule has 0 spiro atoms. The van der Waals surface area contributed by atoms with Crippen molar-refractivity contribution in [3.63, 3.8) is 0 Å². The number of aryl methyl sites for hydroxylation is 1. The van der Waals surface area contributed by atoms with E-state index in [0.717, 1.165) is 5.69 Å². The van der Waals surface area contributed by atoms with Crippen LogP contribution in [0, 0.1) is 11.6 Å². The molecular weight excluding hydrogens is 464 g/mol. The van der Waals surface area contributed by atoms with Gasteiger partial charge < -0.3 is 14.5 Å². The molecule has 188 valence electrons. The quantitative estimate of drug-likeness (QED) is 0.368. The van der Waals surface area contributed by atoms with Crippen molar-refractivity contribution < 1.29 is 18.3 Å². The molecule has 7 nitrogen and oxygen atoms in total. The number of piperazine rings is 1. The molecule has 1 atom stereocenters. The van der Waals surface area contributed by atoms with Crippen LogP contribution in [0.15, 0.2) is 42.6 Å². The number of amides is 1. The second-order valence-electron chi connectivity index (χ2n) is 10.4. The van der Waals surface area contributed by atoms with Crippen LogP contribution in [0.25, 0.3) is 33.1 Å². The summed E-state index contributed by atoms with van der Waals surface area (Å²) in [6.45, 7) is 9.09. The first-order chi connectivity index (χ1) is 17.0. The van der Waals surface area contributed by atoms with Gasteiger partial charge in [0.1, 0.15) is 16.6 Å². The smallest absolute Gasteiger partial charge is 0.410 e. The standard InChI is InChI=1S/C27H29F2N5O2/c1-16-14-33(8-9-34(16)26(35)36-27(2,3)4)20-11-17-6-7-23(30-24(17)22(29)13-20)18-10-19-15-32(5)31-25(19)21(28)12-18/h6-7,10-13,15-16H,8-9,14H2,1-5H3/t16-/m0/s1. The number of carbonyl (C=O) groups is 1. The van der Waals surface area contributed by atoms with Gasteiger partial charge in [-0.3, -0.25) is 4.68 Å². The van der Waals surface area contributed by atoms with Crippen LogP contribution in [0.3, 0.4) is 0 Å². The van der Waals surface area contributed by atoms with Gasteiger partial charge in [0.25, 0.3) is 0 Å². The van der Waals surface area contributed by atoms with E-state index in [0.29, 0.717) is 47.2 Å². The van der Waals surface area contributed by atoms with E-state index < -0.39 is 17.2 Å². The summed E-state index contributed by atoms with van der Waals surface area (Å²) in [6, 6.07) is 10.0. The number of anilines is 1. The second kappa shape index (κ2) is 8.72. The SMILES string of the molecule is C[C@H]1CN(c2cc(F)c3nc(-c4cc(F)c5nn(C)cc5c4)ccc3c2)CCN1C(=O)OC(C)(C)C. The number of nitrogens with zero attached hydrogens (tertiary/aromatic N) is 5. The highest BCUT2D eigenvalue weighted by molar-refractivity contribution is 5.88. The molecule has 5 rings (SSSR count). The first-order valence-electron chi connectivity index (χ1n) is 12.0. The molecule has 1 aliphatic rings. The normalized spacial score (nSPS) is 16.7. The lowest BCUT2D eigenvalue weighted by Crippen LogP contribution is -2.55. The van der Waals surface area contributed by atoms with Crippen LogP contribution in [0.1, 0.15) is 27.7 Å². The summed E-state index contributed by atoms with van der Waals surface area (Å²) in [7, 11) is 1.73. The Morgan fingerprint density at radius 2 is 1.78 bits per heavy atom. The Labute approximate surface area is 208 Å². The molecule has 0 N–H and O–H groups in total. The highest BCUT2D eigenvalue weighted by atomic mass is 19.1. The van der Waals surface area contributed by atoms with Crippen molar-refractivity contribution in [3.05, 3.63) is 54.2 Å². The molecule has 3 heterocycles. The molecule has 1 fully saturated rings. The number of pyridine rings is 1. The van der Waals surface area contributed by atoms with Gasteiger partial charge in [0.2, 0.25) is 0 Å². The van der Waals surface area contributed by atoms with Crippen LogP contribution in [0.5, 0.6) is 0 Å². The fourth-order valence-corrected chi connectivity index (χ4v) is 4.66. The van der Waals surface area contributed by atoms with Crippen molar-refractivity contribution in [2.24, 2.45) is 7.05 Å². The summed E-state index contributed by atoms with van der Waals surface area (Å²) in [5, 5.41) is 5.44. The predicted octanol–water partition coefficient (Wildman–Crippen LogP) is 5.51. The van der Waals surface area contributed by atoms with E-state index in [4.69, 9.17) is 4.74 Å². The van der Waals surface area contributed by atoms with E-state index in [9.17, 15) is 9.18 Å². The Balaban J connectivity index is 1.40. The number of aromatic nitrogens is 3. The molecule has 1 amide bonds. The maximum absolute atomic E-state index is 15.3. The van der Waals surface area contributed by atoms with Crippen molar-refractivity contribution >= 4 is 33.6 Å². The minimum atomic E-state index is -0.559. The van der Waals surface area contributed by atoms with Crippen molar-refractivity contribution in [2.45, 2.75) is 39.3 Å². The molecule has 1 saturated heterocycles. The van der Waals surface area contributed by atoms with Gasteiger partial charge in [-0.25, -0.2) is 18.6 Å². The Morgan fingerprint density at radius 1 is 1.03 bits per heavy atom. The van der Waals surface area contributed by atoms with E-state index in [2.05, 4.69) is 15.0 Å². The fraction of sp³-hybridized carbons (Fsp3) is 0.370. The fourth-order valence-electron chi connectivity index (χ4n) is 4.66. The van der Waals surface area contributed by atoms with Gasteiger partial charge >= 0.3 is 6.09 Å². The summed E-state index contributed by atoms with van der Waals surface area (Å²) in [4.78, 5) is 20.8. The zero-order valence-corrected chi connectivity index (χ0v) is 21.0. The van der Waals surface area contributed by atoms with E-state index in [1.165, 1.54) is 12.1 Å². The number of hydrogen-bond acceptors (Lipinski definition) is 5. The Morgan fingerprint density at radius 3 is 2.50 bits per heavy atom. The van der Waals surface area contributed by atoms with Gasteiger partial charge in [-0.1, -0.05) is 6.07 Å². The molecule has 2 aromatic carbocycles. The maximum atomic E-state index is 15.3. The number of ether oxygens (including phenoxy) is 1. The average Bonchev–Trinajstić information content (AvgIpc) is 3.18. The van der Waals surface area contributed by atoms with Gasteiger partial charge in [0.05, 0.1) is 5.69 Å². The topological polar surface area (TPSA) is 63.5 Å². The number of carbonyl (C=O) groups excluding carboxylic acids is 1. The second-order valence-corrected chi connectivity index (χ2v) is 10.4. The highest BCUT2D eigenvalue weighted by Crippen LogP contribution is 2.30. The zero-order valence-electron chi connectivity index (χ0n) is 21.0. The van der Waals surface area contributed by atoms with E-state index in [1.54, 1.807) is 41.0 Å². The Bertz CT molecular complexity index is 1480. The van der Waals surface area contributed by atoms with Gasteiger partial charge in [-0.2, -0.15) is 5.10 Å². The third-order valence-electron chi connectivity index (χ3n) is 6.32. The molecule has 0 unspecified atom stereocenters. The highest BCUT2D eigenvalue weighted by Gasteiger charge is 2.31. The molecular formula is C27H29F2N5O2. The number of hydrogen-bond donors (Lipinski definition) is 0. The number of fused-ring (bicyclic) bond motifs is 2. The Kier molecular flexibility index (Phi) is 5.81. The third-order valence-corrected chi connectivity index (χ3v) is 6.32. The van der Waals surface area contributed by atoms with Crippen LogP contribution in [0.2, 0.25) is 0 Å². The number of benzene rings is 2. The minimum Gasteiger partial charge on any atom is -0.444 e. The van der Waals surface area contributed by atoms with E-state index >= 15 is 4.39 Å². The third kappa shape index (κ3) is 4.57. The lowest BCUT2D eigenvalue weighted by molar-refractivity contribution is 0.0159. The monoisotopic (exact) mass is 493 g/mol. The largest absolute Gasteiger partial charge is 0.444 e. The maximum Gasteiger partial charge on any atom is 0.410 e. The van der Waals surface area contributed by atoms with E-state index in [-0.39, 0.29) is 17.7 Å². The number of halogens is 2. The first kappa shape index (κ1) is 24.0. The van der Waals surface area contributed by atoms with Gasteiger partial charge in [-0.15, -0.1) is 0 Å². The lowest BCUT2D eigenvalue weighted by atomic mass is 10.1. The Hall–Kier alpha value is -3.75. The van der Waals surface area contributed by atoms with E-state index in [1.807, 2.05) is 33.8 Å². The molecule has 0 aliphatic carbocycles. The van der Waals surface area contributed by atoms with Crippen LogP contribution in [-0.2, 0) is 11.8 Å². The predicted molar refractivity (Wildman–Crippen MR) is 136 cm³/mol. The van der Waals surface area contributed by atoms with Crippen LogP contribution in [-0.4, -0.2) is 57.0 Å². The van der Waals surface area contributed by atoms with Crippen LogP contribution in [0.4, 0.5) is 19.3 Å². The van der Waals surface area contributed by atoms with Crippen molar-refractivity contribution in [1.29, 1.82) is 0 Å².